The van der Waals surface area contributed by atoms with Crippen molar-refractivity contribution in [2.24, 2.45) is 0 Å². The van der Waals surface area contributed by atoms with E-state index in [1.54, 1.807) is 4.68 Å². The lowest BCUT2D eigenvalue weighted by Crippen LogP contribution is -2.24. The van der Waals surface area contributed by atoms with E-state index in [9.17, 15) is 10.2 Å². The number of benzene rings is 2. The predicted octanol–water partition coefficient (Wildman–Crippen LogP) is 3.58. The number of halogens is 1. The zero-order valence-corrected chi connectivity index (χ0v) is 20.1. The number of hydrogen-bond donors (Lipinski definition) is 2. The minimum absolute atomic E-state index is 0.144. The molecule has 0 amide bonds. The van der Waals surface area contributed by atoms with Gasteiger partial charge in [-0.05, 0) is 41.8 Å². The second-order valence-electron chi connectivity index (χ2n) is 8.54. The highest BCUT2D eigenvalue weighted by molar-refractivity contribution is 6.18. The van der Waals surface area contributed by atoms with Crippen molar-refractivity contribution in [1.82, 2.24) is 15.0 Å². The molecule has 178 valence electrons. The van der Waals surface area contributed by atoms with E-state index in [0.717, 1.165) is 23.2 Å². The lowest BCUT2D eigenvalue weighted by Gasteiger charge is -2.26. The van der Waals surface area contributed by atoms with Gasteiger partial charge in [0.25, 0.3) is 0 Å². The van der Waals surface area contributed by atoms with Gasteiger partial charge < -0.3 is 19.7 Å². The first kappa shape index (κ1) is 25.0. The number of hydrogen-bond acceptors (Lipinski definition) is 6. The summed E-state index contributed by atoms with van der Waals surface area (Å²) < 4.78 is 13.0. The van der Waals surface area contributed by atoms with Crippen LogP contribution in [-0.4, -0.2) is 56.5 Å². The Bertz CT molecular complexity index is 990. The number of ether oxygens (including phenoxy) is 2. The molecule has 2 atom stereocenters. The first-order valence-electron chi connectivity index (χ1n) is 11.1. The van der Waals surface area contributed by atoms with E-state index < -0.39 is 12.2 Å². The molecule has 8 heteroatoms. The number of rotatable bonds is 12. The molecular weight excluding hydrogens is 442 g/mol. The second-order valence-corrected chi connectivity index (χ2v) is 8.85. The molecule has 0 radical (unpaired) electrons. The Morgan fingerprint density at radius 3 is 1.88 bits per heavy atom. The maximum absolute atomic E-state index is 10.2. The molecule has 0 bridgehead atoms. The molecule has 0 aliphatic rings. The second kappa shape index (κ2) is 11.5. The first-order chi connectivity index (χ1) is 15.8. The van der Waals surface area contributed by atoms with Crippen molar-refractivity contribution in [3.63, 3.8) is 0 Å². The molecule has 3 rings (SSSR count). The smallest absolute Gasteiger partial charge is 0.119 e. The highest BCUT2D eigenvalue weighted by Crippen LogP contribution is 2.33. The number of aliphatic hydroxyl groups is 2. The van der Waals surface area contributed by atoms with E-state index in [-0.39, 0.29) is 24.5 Å². The molecule has 2 N–H and O–H groups in total. The van der Waals surface area contributed by atoms with Gasteiger partial charge in [-0.25, -0.2) is 4.68 Å². The van der Waals surface area contributed by atoms with Crippen LogP contribution in [0.2, 0.25) is 0 Å². The first-order valence-corrected chi connectivity index (χ1v) is 11.6. The van der Waals surface area contributed by atoms with E-state index in [2.05, 4.69) is 24.2 Å². The molecule has 33 heavy (non-hydrogen) atoms. The number of alkyl halides is 1. The van der Waals surface area contributed by atoms with Crippen LogP contribution in [0, 0.1) is 0 Å². The van der Waals surface area contributed by atoms with Crippen LogP contribution in [-0.2, 0) is 18.4 Å². The van der Waals surface area contributed by atoms with Gasteiger partial charge in [-0.1, -0.05) is 50.3 Å². The van der Waals surface area contributed by atoms with Crippen molar-refractivity contribution < 1.29 is 19.7 Å². The molecule has 0 fully saturated rings. The van der Waals surface area contributed by atoms with Gasteiger partial charge in [0, 0.05) is 11.6 Å². The molecule has 2 aromatic carbocycles. The summed E-state index contributed by atoms with van der Waals surface area (Å²) >= 11 is 5.60. The number of aromatic nitrogens is 3. The van der Waals surface area contributed by atoms with E-state index in [0.29, 0.717) is 18.0 Å². The van der Waals surface area contributed by atoms with Crippen molar-refractivity contribution in [1.29, 1.82) is 0 Å². The number of aliphatic hydroxyl groups excluding tert-OH is 2. The fourth-order valence-electron chi connectivity index (χ4n) is 3.39. The Hall–Kier alpha value is -2.61. The average Bonchev–Trinajstić information content (AvgIpc) is 3.29. The summed E-state index contributed by atoms with van der Waals surface area (Å²) in [5, 5.41) is 27.8. The van der Waals surface area contributed by atoms with Crippen LogP contribution in [0.15, 0.2) is 54.7 Å². The van der Waals surface area contributed by atoms with Crippen LogP contribution in [0.4, 0.5) is 0 Å². The summed E-state index contributed by atoms with van der Waals surface area (Å²) in [6, 6.07) is 15.8. The molecule has 0 aliphatic carbocycles. The lowest BCUT2D eigenvalue weighted by molar-refractivity contribution is 0.0888. The standard InChI is InChI=1S/C25H32ClN3O4/c1-4-20-14-29(28-27-20)15-22(31)17-33-24-11-7-19(8-12-24)25(2,3)18-5-9-23(10-6-18)32-16-21(30)13-26/h5-12,14,21-22,30-31H,4,13,15-17H2,1-3H3/t21-,22+/m0/s1. The number of aryl methyl sites for hydroxylation is 1. The van der Waals surface area contributed by atoms with Gasteiger partial charge in [-0.2, -0.15) is 0 Å². The molecule has 0 aliphatic heterocycles. The van der Waals surface area contributed by atoms with Gasteiger partial charge >= 0.3 is 0 Å². The minimum atomic E-state index is -0.682. The molecule has 0 saturated carbocycles. The summed E-state index contributed by atoms with van der Waals surface area (Å²) in [5.74, 6) is 1.53. The van der Waals surface area contributed by atoms with Crippen LogP contribution in [0.25, 0.3) is 0 Å². The van der Waals surface area contributed by atoms with Gasteiger partial charge in [0.15, 0.2) is 0 Å². The van der Waals surface area contributed by atoms with Crippen LogP contribution in [0.3, 0.4) is 0 Å². The molecular formula is C25H32ClN3O4. The Balaban J connectivity index is 1.55. The third-order valence-electron chi connectivity index (χ3n) is 5.56. The topological polar surface area (TPSA) is 89.6 Å². The summed E-state index contributed by atoms with van der Waals surface area (Å²) in [5.41, 5.74) is 2.94. The molecule has 0 saturated heterocycles. The van der Waals surface area contributed by atoms with Crippen LogP contribution >= 0.6 is 11.6 Å². The number of nitrogens with zero attached hydrogens (tertiary/aromatic N) is 3. The van der Waals surface area contributed by atoms with E-state index >= 15 is 0 Å². The Kier molecular flexibility index (Phi) is 8.72. The van der Waals surface area contributed by atoms with E-state index in [1.807, 2.05) is 61.7 Å². The Morgan fingerprint density at radius 1 is 0.909 bits per heavy atom. The summed E-state index contributed by atoms with van der Waals surface area (Å²) in [6.45, 7) is 7.00. The molecule has 7 nitrogen and oxygen atoms in total. The zero-order valence-electron chi connectivity index (χ0n) is 19.3. The van der Waals surface area contributed by atoms with Crippen molar-refractivity contribution >= 4 is 11.6 Å². The van der Waals surface area contributed by atoms with Crippen molar-refractivity contribution in [2.75, 3.05) is 19.1 Å². The molecule has 3 aromatic rings. The fraction of sp³-hybridized carbons (Fsp3) is 0.440. The van der Waals surface area contributed by atoms with Gasteiger partial charge in [0.2, 0.25) is 0 Å². The molecule has 0 spiro atoms. The van der Waals surface area contributed by atoms with Crippen LogP contribution in [0.5, 0.6) is 11.5 Å². The van der Waals surface area contributed by atoms with Crippen LogP contribution < -0.4 is 9.47 Å². The van der Waals surface area contributed by atoms with Crippen molar-refractivity contribution in [3.8, 4) is 11.5 Å². The van der Waals surface area contributed by atoms with Gasteiger partial charge in [-0.15, -0.1) is 16.7 Å². The maximum atomic E-state index is 10.2. The average molecular weight is 474 g/mol. The Labute approximate surface area is 199 Å². The highest BCUT2D eigenvalue weighted by atomic mass is 35.5. The quantitative estimate of drug-likeness (QED) is 0.391. The SMILES string of the molecule is CCc1cn(C[C@@H](O)COc2ccc(C(C)(C)c3ccc(OC[C@@H](O)CCl)cc3)cc2)nn1. The van der Waals surface area contributed by atoms with Gasteiger partial charge in [0.05, 0.1) is 18.1 Å². The maximum Gasteiger partial charge on any atom is 0.119 e. The lowest BCUT2D eigenvalue weighted by atomic mass is 9.78. The van der Waals surface area contributed by atoms with E-state index in [4.69, 9.17) is 21.1 Å². The summed E-state index contributed by atoms with van der Waals surface area (Å²) in [4.78, 5) is 0. The summed E-state index contributed by atoms with van der Waals surface area (Å²) in [7, 11) is 0. The predicted molar refractivity (Wildman–Crippen MR) is 128 cm³/mol. The van der Waals surface area contributed by atoms with Crippen molar-refractivity contribution in [3.05, 3.63) is 71.5 Å². The monoisotopic (exact) mass is 473 g/mol. The van der Waals surface area contributed by atoms with Gasteiger partial charge in [0.1, 0.15) is 36.9 Å². The van der Waals surface area contributed by atoms with Crippen LogP contribution in [0.1, 0.15) is 37.6 Å². The van der Waals surface area contributed by atoms with Gasteiger partial charge in [-0.3, -0.25) is 0 Å². The van der Waals surface area contributed by atoms with Crippen molar-refractivity contribution in [2.45, 2.75) is 51.4 Å². The molecule has 1 heterocycles. The normalized spacial score (nSPS) is 13.5. The molecule has 0 unspecified atom stereocenters. The largest absolute Gasteiger partial charge is 0.491 e. The zero-order chi connectivity index (χ0) is 23.8. The highest BCUT2D eigenvalue weighted by Gasteiger charge is 2.23. The third kappa shape index (κ3) is 6.93. The minimum Gasteiger partial charge on any atom is -0.491 e. The summed E-state index contributed by atoms with van der Waals surface area (Å²) in [6.07, 6.45) is 1.29. The molecule has 1 aromatic heterocycles. The third-order valence-corrected chi connectivity index (χ3v) is 5.92. The Morgan fingerprint density at radius 2 is 1.42 bits per heavy atom. The fourth-order valence-corrected chi connectivity index (χ4v) is 3.48. The van der Waals surface area contributed by atoms with E-state index in [1.165, 1.54) is 0 Å².